The SMILES string of the molecule is O=C(Nc1ccccc1S(=O)(=O)C(F)F)c1ccoc1Br. The van der Waals surface area contributed by atoms with Crippen molar-refractivity contribution in [1.29, 1.82) is 0 Å². The van der Waals surface area contributed by atoms with E-state index in [0.29, 0.717) is 0 Å². The summed E-state index contributed by atoms with van der Waals surface area (Å²) in [4.78, 5) is 11.3. The Labute approximate surface area is 127 Å². The first-order valence-electron chi connectivity index (χ1n) is 5.49. The molecule has 5 nitrogen and oxygen atoms in total. The standard InChI is InChI=1S/C12H8BrF2NO4S/c13-10-7(5-6-20-10)11(17)16-8-3-1-2-4-9(8)21(18,19)12(14)15/h1-6,12H,(H,16,17). The van der Waals surface area contributed by atoms with Crippen LogP contribution in [0, 0.1) is 0 Å². The Morgan fingerprint density at radius 2 is 1.90 bits per heavy atom. The van der Waals surface area contributed by atoms with Crippen LogP contribution < -0.4 is 5.32 Å². The van der Waals surface area contributed by atoms with Crippen LogP contribution in [0.5, 0.6) is 0 Å². The number of hydrogen-bond acceptors (Lipinski definition) is 4. The molecule has 0 unspecified atom stereocenters. The quantitative estimate of drug-likeness (QED) is 0.883. The van der Waals surface area contributed by atoms with Gasteiger partial charge in [0.15, 0.2) is 4.67 Å². The summed E-state index contributed by atoms with van der Waals surface area (Å²) in [6.45, 7) is 0. The Morgan fingerprint density at radius 1 is 1.24 bits per heavy atom. The number of para-hydroxylation sites is 1. The molecule has 0 fully saturated rings. The van der Waals surface area contributed by atoms with E-state index in [1.807, 2.05) is 0 Å². The van der Waals surface area contributed by atoms with Crippen molar-refractivity contribution in [2.24, 2.45) is 0 Å². The van der Waals surface area contributed by atoms with Crippen LogP contribution in [-0.2, 0) is 9.84 Å². The van der Waals surface area contributed by atoms with Gasteiger partial charge in [-0.15, -0.1) is 0 Å². The van der Waals surface area contributed by atoms with Crippen LogP contribution in [0.15, 0.2) is 50.6 Å². The van der Waals surface area contributed by atoms with Gasteiger partial charge in [0.25, 0.3) is 5.91 Å². The molecule has 1 aromatic heterocycles. The third-order valence-corrected chi connectivity index (χ3v) is 4.59. The first-order valence-corrected chi connectivity index (χ1v) is 7.83. The van der Waals surface area contributed by atoms with Crippen molar-refractivity contribution in [3.63, 3.8) is 0 Å². The van der Waals surface area contributed by atoms with Gasteiger partial charge in [0.05, 0.1) is 22.4 Å². The third kappa shape index (κ3) is 3.13. The van der Waals surface area contributed by atoms with Gasteiger partial charge in [0.1, 0.15) is 0 Å². The molecule has 1 amide bonds. The van der Waals surface area contributed by atoms with E-state index in [1.54, 1.807) is 0 Å². The number of sulfone groups is 1. The van der Waals surface area contributed by atoms with Crippen LogP contribution in [0.4, 0.5) is 14.5 Å². The molecule has 0 saturated carbocycles. The zero-order chi connectivity index (χ0) is 15.6. The van der Waals surface area contributed by atoms with Gasteiger partial charge in [0.2, 0.25) is 9.84 Å². The highest BCUT2D eigenvalue weighted by Crippen LogP contribution is 2.27. The molecule has 112 valence electrons. The number of carbonyl (C=O) groups is 1. The summed E-state index contributed by atoms with van der Waals surface area (Å²) in [5, 5.41) is 2.27. The number of hydrogen-bond donors (Lipinski definition) is 1. The smallest absolute Gasteiger partial charge is 0.341 e. The van der Waals surface area contributed by atoms with Crippen molar-refractivity contribution in [3.8, 4) is 0 Å². The van der Waals surface area contributed by atoms with Crippen molar-refractivity contribution in [3.05, 3.63) is 46.8 Å². The second-order valence-electron chi connectivity index (χ2n) is 3.86. The van der Waals surface area contributed by atoms with Crippen LogP contribution in [0.2, 0.25) is 0 Å². The molecule has 1 N–H and O–H groups in total. The molecule has 0 spiro atoms. The molecule has 0 aliphatic rings. The summed E-state index contributed by atoms with van der Waals surface area (Å²) in [6.07, 6.45) is 1.25. The number of alkyl halides is 2. The predicted molar refractivity (Wildman–Crippen MR) is 74.0 cm³/mol. The minimum absolute atomic E-state index is 0.110. The van der Waals surface area contributed by atoms with Crippen LogP contribution in [0.1, 0.15) is 10.4 Å². The van der Waals surface area contributed by atoms with E-state index < -0.39 is 26.4 Å². The van der Waals surface area contributed by atoms with Crippen LogP contribution in [0.25, 0.3) is 0 Å². The van der Waals surface area contributed by atoms with Gasteiger partial charge in [-0.3, -0.25) is 4.79 Å². The summed E-state index contributed by atoms with van der Waals surface area (Å²) < 4.78 is 53.4. The summed E-state index contributed by atoms with van der Waals surface area (Å²) in [5.74, 6) is -4.26. The fourth-order valence-corrected chi connectivity index (χ4v) is 2.87. The predicted octanol–water partition coefficient (Wildman–Crippen LogP) is 3.29. The number of carbonyl (C=O) groups excluding carboxylic acids is 1. The lowest BCUT2D eigenvalue weighted by molar-refractivity contribution is 0.102. The van der Waals surface area contributed by atoms with Crippen molar-refractivity contribution < 1.29 is 26.4 Å². The fraction of sp³-hybridized carbons (Fsp3) is 0.0833. The number of furan rings is 1. The van der Waals surface area contributed by atoms with Crippen LogP contribution in [-0.4, -0.2) is 20.1 Å². The van der Waals surface area contributed by atoms with E-state index in [2.05, 4.69) is 21.2 Å². The Bertz CT molecular complexity index is 773. The second-order valence-corrected chi connectivity index (χ2v) is 6.47. The van der Waals surface area contributed by atoms with E-state index in [-0.39, 0.29) is 15.9 Å². The van der Waals surface area contributed by atoms with Crippen molar-refractivity contribution in [2.75, 3.05) is 5.32 Å². The molecular weight excluding hydrogens is 372 g/mol. The lowest BCUT2D eigenvalue weighted by Gasteiger charge is -2.10. The lowest BCUT2D eigenvalue weighted by Crippen LogP contribution is -2.17. The normalized spacial score (nSPS) is 11.6. The molecule has 0 aliphatic carbocycles. The molecule has 0 bridgehead atoms. The summed E-state index contributed by atoms with van der Waals surface area (Å²) in [6, 6.07) is 6.29. The molecule has 2 rings (SSSR count). The topological polar surface area (TPSA) is 76.4 Å². The Kier molecular flexibility index (Phi) is 4.43. The minimum atomic E-state index is -4.82. The average Bonchev–Trinajstić information content (AvgIpc) is 2.85. The number of nitrogens with one attached hydrogen (secondary N) is 1. The van der Waals surface area contributed by atoms with E-state index in [0.717, 1.165) is 6.07 Å². The highest BCUT2D eigenvalue weighted by Gasteiger charge is 2.29. The molecule has 0 radical (unpaired) electrons. The Balaban J connectivity index is 2.39. The molecule has 0 aliphatic heterocycles. The molecule has 0 atom stereocenters. The van der Waals surface area contributed by atoms with Crippen LogP contribution >= 0.6 is 15.9 Å². The lowest BCUT2D eigenvalue weighted by atomic mass is 10.3. The van der Waals surface area contributed by atoms with Gasteiger partial charge in [-0.1, -0.05) is 12.1 Å². The van der Waals surface area contributed by atoms with E-state index >= 15 is 0 Å². The first-order chi connectivity index (χ1) is 9.84. The maximum Gasteiger partial charge on any atom is 0.341 e. The van der Waals surface area contributed by atoms with Crippen molar-refractivity contribution in [1.82, 2.24) is 0 Å². The van der Waals surface area contributed by atoms with Gasteiger partial charge in [-0.2, -0.15) is 8.78 Å². The third-order valence-electron chi connectivity index (χ3n) is 2.54. The molecule has 9 heteroatoms. The van der Waals surface area contributed by atoms with Gasteiger partial charge in [0, 0.05) is 0 Å². The number of halogens is 3. The molecular formula is C12H8BrF2NO4S. The van der Waals surface area contributed by atoms with Crippen molar-refractivity contribution >= 4 is 37.4 Å². The van der Waals surface area contributed by atoms with E-state index in [1.165, 1.54) is 30.5 Å². The Hall–Kier alpha value is -1.74. The maximum atomic E-state index is 12.6. The number of benzene rings is 1. The minimum Gasteiger partial charge on any atom is -0.457 e. The van der Waals surface area contributed by atoms with E-state index in [9.17, 15) is 22.0 Å². The monoisotopic (exact) mass is 379 g/mol. The molecule has 1 aromatic carbocycles. The number of anilines is 1. The summed E-state index contributed by atoms with van der Waals surface area (Å²) >= 11 is 3.00. The van der Waals surface area contributed by atoms with Gasteiger partial charge in [-0.25, -0.2) is 8.42 Å². The number of amides is 1. The van der Waals surface area contributed by atoms with Crippen molar-refractivity contribution in [2.45, 2.75) is 10.7 Å². The largest absolute Gasteiger partial charge is 0.457 e. The summed E-state index contributed by atoms with van der Waals surface area (Å²) in [5.41, 5.74) is -0.116. The molecule has 21 heavy (non-hydrogen) atoms. The molecule has 2 aromatic rings. The zero-order valence-corrected chi connectivity index (χ0v) is 12.6. The highest BCUT2D eigenvalue weighted by molar-refractivity contribution is 9.10. The van der Waals surface area contributed by atoms with Gasteiger partial charge in [-0.05, 0) is 34.1 Å². The molecule has 0 saturated heterocycles. The highest BCUT2D eigenvalue weighted by atomic mass is 79.9. The summed E-state index contributed by atoms with van der Waals surface area (Å²) in [7, 11) is -4.82. The Morgan fingerprint density at radius 3 is 2.48 bits per heavy atom. The number of rotatable bonds is 4. The zero-order valence-electron chi connectivity index (χ0n) is 10.2. The average molecular weight is 380 g/mol. The first kappa shape index (κ1) is 15.6. The van der Waals surface area contributed by atoms with E-state index in [4.69, 9.17) is 4.42 Å². The second kappa shape index (κ2) is 5.94. The van der Waals surface area contributed by atoms with Crippen LogP contribution in [0.3, 0.4) is 0 Å². The molecule has 1 heterocycles. The van der Waals surface area contributed by atoms with Gasteiger partial charge >= 0.3 is 5.76 Å². The maximum absolute atomic E-state index is 12.6. The fourth-order valence-electron chi connectivity index (χ4n) is 1.56. The van der Waals surface area contributed by atoms with Gasteiger partial charge < -0.3 is 9.73 Å².